The average molecular weight is 236 g/mol. The molecule has 1 atom stereocenters. The van der Waals surface area contributed by atoms with Crippen molar-refractivity contribution >= 4 is 5.91 Å². The molecular weight excluding hydrogens is 221 g/mol. The summed E-state index contributed by atoms with van der Waals surface area (Å²) in [5, 5.41) is 11.0. The highest BCUT2D eigenvalue weighted by Gasteiger charge is 2.26. The zero-order chi connectivity index (χ0) is 12.6. The van der Waals surface area contributed by atoms with E-state index < -0.39 is 24.4 Å². The summed E-state index contributed by atoms with van der Waals surface area (Å²) in [5.74, 6) is -1.23. The third-order valence-electron chi connectivity index (χ3n) is 1.99. The fourth-order valence-electron chi connectivity index (χ4n) is 1.17. The van der Waals surface area contributed by atoms with Gasteiger partial charge in [0.15, 0.2) is 0 Å². The second kappa shape index (κ2) is 7.09. The molecule has 0 aromatic carbocycles. The van der Waals surface area contributed by atoms with Gasteiger partial charge in [0.1, 0.15) is 5.92 Å². The van der Waals surface area contributed by atoms with Crippen molar-refractivity contribution in [1.82, 2.24) is 5.32 Å². The molecule has 92 valence electrons. The highest BCUT2D eigenvalue weighted by molar-refractivity contribution is 5.80. The van der Waals surface area contributed by atoms with Gasteiger partial charge < -0.3 is 5.32 Å². The first-order valence-electron chi connectivity index (χ1n) is 5.14. The number of amides is 1. The quantitative estimate of drug-likeness (QED) is 0.720. The first kappa shape index (κ1) is 14.8. The van der Waals surface area contributed by atoms with E-state index in [0.717, 1.165) is 0 Å². The molecule has 0 aliphatic heterocycles. The summed E-state index contributed by atoms with van der Waals surface area (Å²) in [6.07, 6.45) is -4.14. The van der Waals surface area contributed by atoms with Crippen LogP contribution in [-0.2, 0) is 4.79 Å². The molecule has 0 radical (unpaired) electrons. The van der Waals surface area contributed by atoms with Crippen molar-refractivity contribution in [3.8, 4) is 6.07 Å². The number of rotatable bonds is 6. The molecule has 16 heavy (non-hydrogen) atoms. The minimum Gasteiger partial charge on any atom is -0.355 e. The Kier molecular flexibility index (Phi) is 6.54. The second-order valence-electron chi connectivity index (χ2n) is 3.48. The molecule has 3 nitrogen and oxygen atoms in total. The van der Waals surface area contributed by atoms with Crippen molar-refractivity contribution in [3.63, 3.8) is 0 Å². The fourth-order valence-corrected chi connectivity index (χ4v) is 1.17. The summed E-state index contributed by atoms with van der Waals surface area (Å²) in [6, 6.07) is 1.83. The zero-order valence-corrected chi connectivity index (χ0v) is 9.10. The summed E-state index contributed by atoms with van der Waals surface area (Å²) >= 11 is 0. The topological polar surface area (TPSA) is 52.9 Å². The molecule has 1 N–H and O–H groups in total. The van der Waals surface area contributed by atoms with Gasteiger partial charge >= 0.3 is 6.18 Å². The summed E-state index contributed by atoms with van der Waals surface area (Å²) in [6.45, 7) is 1.79. The third-order valence-corrected chi connectivity index (χ3v) is 1.99. The lowest BCUT2D eigenvalue weighted by atomic mass is 10.1. The van der Waals surface area contributed by atoms with Crippen LogP contribution in [0.2, 0.25) is 0 Å². The van der Waals surface area contributed by atoms with Crippen molar-refractivity contribution < 1.29 is 18.0 Å². The standard InChI is InChI=1S/C10H15F3N2O/c1-2-4-8(7-14)9(16)15-6-3-5-10(11,12)13/h8H,2-6H2,1H3,(H,15,16). The van der Waals surface area contributed by atoms with E-state index in [9.17, 15) is 18.0 Å². The van der Waals surface area contributed by atoms with Gasteiger partial charge in [0, 0.05) is 13.0 Å². The van der Waals surface area contributed by atoms with Gasteiger partial charge in [-0.2, -0.15) is 18.4 Å². The Morgan fingerprint density at radius 1 is 1.50 bits per heavy atom. The van der Waals surface area contributed by atoms with Crippen LogP contribution in [0, 0.1) is 17.2 Å². The third kappa shape index (κ3) is 7.10. The van der Waals surface area contributed by atoms with Crippen molar-refractivity contribution in [1.29, 1.82) is 5.26 Å². The summed E-state index contributed by atoms with van der Waals surface area (Å²) in [4.78, 5) is 11.3. The fraction of sp³-hybridized carbons (Fsp3) is 0.800. The van der Waals surface area contributed by atoms with E-state index in [1.807, 2.05) is 13.0 Å². The summed E-state index contributed by atoms with van der Waals surface area (Å²) < 4.78 is 35.3. The van der Waals surface area contributed by atoms with Crippen LogP contribution in [0.15, 0.2) is 0 Å². The Bertz CT molecular complexity index is 258. The van der Waals surface area contributed by atoms with Crippen LogP contribution < -0.4 is 5.32 Å². The van der Waals surface area contributed by atoms with E-state index in [0.29, 0.717) is 12.8 Å². The van der Waals surface area contributed by atoms with Crippen LogP contribution in [-0.4, -0.2) is 18.6 Å². The summed E-state index contributed by atoms with van der Waals surface area (Å²) in [5.41, 5.74) is 0. The summed E-state index contributed by atoms with van der Waals surface area (Å²) in [7, 11) is 0. The molecule has 0 rings (SSSR count). The molecular formula is C10H15F3N2O. The zero-order valence-electron chi connectivity index (χ0n) is 9.10. The molecule has 0 fully saturated rings. The molecule has 0 aliphatic carbocycles. The molecule has 0 aromatic heterocycles. The molecule has 0 heterocycles. The number of hydrogen-bond acceptors (Lipinski definition) is 2. The lowest BCUT2D eigenvalue weighted by Crippen LogP contribution is -2.31. The number of nitrogens with zero attached hydrogens (tertiary/aromatic N) is 1. The minimum absolute atomic E-state index is 0.0414. The number of nitriles is 1. The highest BCUT2D eigenvalue weighted by atomic mass is 19.4. The SMILES string of the molecule is CCCC(C#N)C(=O)NCCCC(F)(F)F. The molecule has 0 bridgehead atoms. The van der Waals surface area contributed by atoms with Gasteiger partial charge in [0.2, 0.25) is 5.91 Å². The Morgan fingerprint density at radius 2 is 2.12 bits per heavy atom. The second-order valence-corrected chi connectivity index (χ2v) is 3.48. The number of carbonyl (C=O) groups is 1. The number of carbonyl (C=O) groups excluding carboxylic acids is 1. The number of hydrogen-bond donors (Lipinski definition) is 1. The largest absolute Gasteiger partial charge is 0.389 e. The minimum atomic E-state index is -4.19. The van der Waals surface area contributed by atoms with Gasteiger partial charge in [0.25, 0.3) is 0 Å². The van der Waals surface area contributed by atoms with Gasteiger partial charge in [-0.1, -0.05) is 13.3 Å². The van der Waals surface area contributed by atoms with E-state index in [1.54, 1.807) is 0 Å². The van der Waals surface area contributed by atoms with Crippen LogP contribution in [0.1, 0.15) is 32.6 Å². The Hall–Kier alpha value is -1.25. The normalized spacial score (nSPS) is 12.9. The first-order chi connectivity index (χ1) is 7.40. The monoisotopic (exact) mass is 236 g/mol. The predicted octanol–water partition coefficient (Wildman–Crippen LogP) is 2.38. The van der Waals surface area contributed by atoms with Crippen LogP contribution in [0.4, 0.5) is 13.2 Å². The number of nitrogens with one attached hydrogen (secondary N) is 1. The van der Waals surface area contributed by atoms with Gasteiger partial charge in [-0.25, -0.2) is 0 Å². The van der Waals surface area contributed by atoms with E-state index >= 15 is 0 Å². The highest BCUT2D eigenvalue weighted by Crippen LogP contribution is 2.20. The van der Waals surface area contributed by atoms with Crippen molar-refractivity contribution in [2.75, 3.05) is 6.54 Å². The molecule has 6 heteroatoms. The Morgan fingerprint density at radius 3 is 2.56 bits per heavy atom. The molecule has 0 saturated heterocycles. The van der Waals surface area contributed by atoms with Gasteiger partial charge in [-0.15, -0.1) is 0 Å². The molecule has 0 spiro atoms. The smallest absolute Gasteiger partial charge is 0.355 e. The van der Waals surface area contributed by atoms with Gasteiger partial charge in [-0.05, 0) is 12.8 Å². The lowest BCUT2D eigenvalue weighted by molar-refractivity contribution is -0.136. The average Bonchev–Trinajstić information content (AvgIpc) is 2.19. The number of halogens is 3. The maximum atomic E-state index is 11.8. The van der Waals surface area contributed by atoms with Crippen molar-refractivity contribution in [3.05, 3.63) is 0 Å². The first-order valence-corrected chi connectivity index (χ1v) is 5.14. The molecule has 0 aromatic rings. The van der Waals surface area contributed by atoms with Crippen LogP contribution >= 0.6 is 0 Å². The Balaban J connectivity index is 3.77. The van der Waals surface area contributed by atoms with Gasteiger partial charge in [0.05, 0.1) is 6.07 Å². The van der Waals surface area contributed by atoms with E-state index in [-0.39, 0.29) is 13.0 Å². The Labute approximate surface area is 92.6 Å². The van der Waals surface area contributed by atoms with Crippen LogP contribution in [0.3, 0.4) is 0 Å². The molecule has 1 unspecified atom stereocenters. The van der Waals surface area contributed by atoms with E-state index in [2.05, 4.69) is 5.32 Å². The lowest BCUT2D eigenvalue weighted by Gasteiger charge is -2.10. The van der Waals surface area contributed by atoms with Crippen molar-refractivity contribution in [2.45, 2.75) is 38.8 Å². The molecule has 0 saturated carbocycles. The maximum absolute atomic E-state index is 11.8. The predicted molar refractivity (Wildman–Crippen MR) is 52.3 cm³/mol. The molecule has 0 aliphatic rings. The maximum Gasteiger partial charge on any atom is 0.389 e. The van der Waals surface area contributed by atoms with E-state index in [4.69, 9.17) is 5.26 Å². The van der Waals surface area contributed by atoms with E-state index in [1.165, 1.54) is 0 Å². The molecule has 1 amide bonds. The van der Waals surface area contributed by atoms with Crippen molar-refractivity contribution in [2.24, 2.45) is 5.92 Å². The van der Waals surface area contributed by atoms with Gasteiger partial charge in [-0.3, -0.25) is 4.79 Å². The van der Waals surface area contributed by atoms with Crippen LogP contribution in [0.5, 0.6) is 0 Å². The number of alkyl halides is 3. The van der Waals surface area contributed by atoms with Crippen LogP contribution in [0.25, 0.3) is 0 Å².